The van der Waals surface area contributed by atoms with Crippen LogP contribution in [0.1, 0.15) is 32.3 Å². The Morgan fingerprint density at radius 2 is 1.79 bits per heavy atom. The van der Waals surface area contributed by atoms with Crippen LogP contribution in [0.15, 0.2) is 12.1 Å². The Bertz CT molecular complexity index is 411. The second-order valence-corrected chi connectivity index (χ2v) is 5.54. The molecule has 0 aliphatic heterocycles. The number of methoxy groups -OCH3 is 2. The topological polar surface area (TPSA) is 56.5 Å². The lowest BCUT2D eigenvalue weighted by atomic mass is 10.0. The monoisotopic (exact) mass is 266 g/mol. The van der Waals surface area contributed by atoms with E-state index in [0.717, 1.165) is 42.1 Å². The molecule has 0 amide bonds. The molecule has 0 unspecified atom stereocenters. The molecule has 1 rings (SSSR count). The fraction of sp³-hybridized carbons (Fsp3) is 0.600. The number of hydrogen-bond acceptors (Lipinski definition) is 4. The Labute approximate surface area is 116 Å². The fourth-order valence-electron chi connectivity index (χ4n) is 1.96. The van der Waals surface area contributed by atoms with Crippen LogP contribution in [-0.2, 0) is 0 Å². The third kappa shape index (κ3) is 4.99. The normalized spacial score (nSPS) is 11.3. The van der Waals surface area contributed by atoms with Gasteiger partial charge >= 0.3 is 0 Å². The molecule has 0 aliphatic carbocycles. The van der Waals surface area contributed by atoms with E-state index in [2.05, 4.69) is 5.32 Å². The summed E-state index contributed by atoms with van der Waals surface area (Å²) in [7, 11) is 3.35. The van der Waals surface area contributed by atoms with Crippen molar-refractivity contribution >= 4 is 5.69 Å². The Hall–Kier alpha value is -1.42. The summed E-state index contributed by atoms with van der Waals surface area (Å²) >= 11 is 0. The average Bonchev–Trinajstić information content (AvgIpc) is 2.34. The van der Waals surface area contributed by atoms with Crippen molar-refractivity contribution in [3.63, 3.8) is 0 Å². The van der Waals surface area contributed by atoms with Crippen LogP contribution in [0.3, 0.4) is 0 Å². The van der Waals surface area contributed by atoms with Crippen LogP contribution in [-0.4, -0.2) is 26.3 Å². The molecule has 0 saturated heterocycles. The van der Waals surface area contributed by atoms with Crippen LogP contribution in [0, 0.1) is 6.92 Å². The van der Waals surface area contributed by atoms with Gasteiger partial charge in [-0.15, -0.1) is 0 Å². The van der Waals surface area contributed by atoms with Gasteiger partial charge in [-0.05, 0) is 45.2 Å². The molecule has 0 atom stereocenters. The molecule has 0 spiro atoms. The predicted molar refractivity (Wildman–Crippen MR) is 80.3 cm³/mol. The second kappa shape index (κ2) is 6.66. The molecular weight excluding hydrogens is 240 g/mol. The highest BCUT2D eigenvalue weighted by molar-refractivity contribution is 5.62. The SMILES string of the molecule is COc1cc(NCCCC(C)(C)N)c(OC)cc1C. The maximum Gasteiger partial charge on any atom is 0.142 e. The van der Waals surface area contributed by atoms with E-state index < -0.39 is 0 Å². The minimum Gasteiger partial charge on any atom is -0.496 e. The summed E-state index contributed by atoms with van der Waals surface area (Å²) in [6, 6.07) is 3.95. The molecule has 19 heavy (non-hydrogen) atoms. The molecule has 0 radical (unpaired) electrons. The van der Waals surface area contributed by atoms with Gasteiger partial charge in [0.05, 0.1) is 19.9 Å². The number of nitrogens with one attached hydrogen (secondary N) is 1. The molecule has 4 nitrogen and oxygen atoms in total. The van der Waals surface area contributed by atoms with Gasteiger partial charge in [-0.1, -0.05) is 0 Å². The van der Waals surface area contributed by atoms with Crippen LogP contribution in [0.5, 0.6) is 11.5 Å². The van der Waals surface area contributed by atoms with Gasteiger partial charge < -0.3 is 20.5 Å². The number of benzene rings is 1. The molecule has 0 bridgehead atoms. The highest BCUT2D eigenvalue weighted by Gasteiger charge is 2.11. The minimum atomic E-state index is -0.114. The van der Waals surface area contributed by atoms with Crippen molar-refractivity contribution in [2.45, 2.75) is 39.2 Å². The van der Waals surface area contributed by atoms with Crippen LogP contribution in [0.4, 0.5) is 5.69 Å². The average molecular weight is 266 g/mol. The van der Waals surface area contributed by atoms with E-state index in [9.17, 15) is 0 Å². The van der Waals surface area contributed by atoms with E-state index in [1.807, 2.05) is 32.9 Å². The molecule has 0 aliphatic rings. The molecular formula is C15H26N2O2. The van der Waals surface area contributed by atoms with E-state index in [0.29, 0.717) is 0 Å². The van der Waals surface area contributed by atoms with Gasteiger partial charge in [-0.25, -0.2) is 0 Å². The molecule has 1 aromatic carbocycles. The molecule has 4 heteroatoms. The third-order valence-corrected chi connectivity index (χ3v) is 3.03. The summed E-state index contributed by atoms with van der Waals surface area (Å²) < 4.78 is 10.7. The molecule has 0 fully saturated rings. The van der Waals surface area contributed by atoms with Crippen molar-refractivity contribution in [1.82, 2.24) is 0 Å². The van der Waals surface area contributed by atoms with Gasteiger partial charge in [-0.3, -0.25) is 0 Å². The van der Waals surface area contributed by atoms with Gasteiger partial charge in [0.25, 0.3) is 0 Å². The van der Waals surface area contributed by atoms with Crippen molar-refractivity contribution < 1.29 is 9.47 Å². The number of nitrogens with two attached hydrogens (primary N) is 1. The van der Waals surface area contributed by atoms with Crippen molar-refractivity contribution in [1.29, 1.82) is 0 Å². The van der Waals surface area contributed by atoms with E-state index in [4.69, 9.17) is 15.2 Å². The van der Waals surface area contributed by atoms with Gasteiger partial charge in [-0.2, -0.15) is 0 Å². The summed E-state index contributed by atoms with van der Waals surface area (Å²) in [5.41, 5.74) is 7.87. The molecule has 3 N–H and O–H groups in total. The smallest absolute Gasteiger partial charge is 0.142 e. The molecule has 1 aromatic rings. The summed E-state index contributed by atoms with van der Waals surface area (Å²) in [5, 5.41) is 3.38. The lowest BCUT2D eigenvalue weighted by Crippen LogP contribution is -2.32. The van der Waals surface area contributed by atoms with Crippen molar-refractivity contribution in [3.8, 4) is 11.5 Å². The van der Waals surface area contributed by atoms with Crippen LogP contribution < -0.4 is 20.5 Å². The molecule has 0 saturated carbocycles. The summed E-state index contributed by atoms with van der Waals surface area (Å²) in [5.74, 6) is 1.70. The van der Waals surface area contributed by atoms with E-state index in [1.165, 1.54) is 0 Å². The largest absolute Gasteiger partial charge is 0.496 e. The first-order valence-corrected chi connectivity index (χ1v) is 6.63. The fourth-order valence-corrected chi connectivity index (χ4v) is 1.96. The number of ether oxygens (including phenoxy) is 2. The highest BCUT2D eigenvalue weighted by Crippen LogP contribution is 2.32. The van der Waals surface area contributed by atoms with Crippen LogP contribution in [0.25, 0.3) is 0 Å². The summed E-state index contributed by atoms with van der Waals surface area (Å²) in [6.45, 7) is 6.95. The number of rotatable bonds is 7. The van der Waals surface area contributed by atoms with E-state index >= 15 is 0 Å². The second-order valence-electron chi connectivity index (χ2n) is 5.54. The van der Waals surface area contributed by atoms with Crippen molar-refractivity contribution in [2.75, 3.05) is 26.1 Å². The first kappa shape index (κ1) is 15.6. The zero-order valence-corrected chi connectivity index (χ0v) is 12.7. The first-order valence-electron chi connectivity index (χ1n) is 6.63. The van der Waals surface area contributed by atoms with Gasteiger partial charge in [0.15, 0.2) is 0 Å². The number of anilines is 1. The first-order chi connectivity index (χ1) is 8.87. The lowest BCUT2D eigenvalue weighted by molar-refractivity contribution is 0.401. The third-order valence-electron chi connectivity index (χ3n) is 3.03. The quantitative estimate of drug-likeness (QED) is 0.745. The Kier molecular flexibility index (Phi) is 5.48. The molecule has 0 aromatic heterocycles. The highest BCUT2D eigenvalue weighted by atomic mass is 16.5. The Balaban J connectivity index is 2.66. The summed E-state index contributed by atoms with van der Waals surface area (Å²) in [4.78, 5) is 0. The van der Waals surface area contributed by atoms with Crippen LogP contribution >= 0.6 is 0 Å². The zero-order valence-electron chi connectivity index (χ0n) is 12.7. The molecule has 108 valence electrons. The maximum absolute atomic E-state index is 5.96. The maximum atomic E-state index is 5.96. The lowest BCUT2D eigenvalue weighted by Gasteiger charge is -2.19. The predicted octanol–water partition coefficient (Wildman–Crippen LogP) is 2.94. The number of hydrogen-bond donors (Lipinski definition) is 2. The van der Waals surface area contributed by atoms with Gasteiger partial charge in [0.2, 0.25) is 0 Å². The number of aryl methyl sites for hydroxylation is 1. The van der Waals surface area contributed by atoms with Crippen molar-refractivity contribution in [2.24, 2.45) is 5.73 Å². The van der Waals surface area contributed by atoms with Gasteiger partial charge in [0.1, 0.15) is 11.5 Å². The minimum absolute atomic E-state index is 0.114. The Morgan fingerprint density at radius 1 is 1.16 bits per heavy atom. The summed E-state index contributed by atoms with van der Waals surface area (Å²) in [6.07, 6.45) is 1.99. The van der Waals surface area contributed by atoms with E-state index in [1.54, 1.807) is 14.2 Å². The van der Waals surface area contributed by atoms with Crippen LogP contribution in [0.2, 0.25) is 0 Å². The Morgan fingerprint density at radius 3 is 2.32 bits per heavy atom. The zero-order chi connectivity index (χ0) is 14.5. The molecule has 0 heterocycles. The van der Waals surface area contributed by atoms with E-state index in [-0.39, 0.29) is 5.54 Å². The van der Waals surface area contributed by atoms with Crippen molar-refractivity contribution in [3.05, 3.63) is 17.7 Å². The van der Waals surface area contributed by atoms with Gasteiger partial charge in [0, 0.05) is 18.2 Å². The standard InChI is InChI=1S/C15H26N2O2/c1-11-9-14(19-5)12(10-13(11)18-4)17-8-6-7-15(2,3)16/h9-10,17H,6-8,16H2,1-5H3.